The molecule has 0 saturated carbocycles. The molecule has 4 rings (SSSR count). The monoisotopic (exact) mass is 363 g/mol. The van der Waals surface area contributed by atoms with Gasteiger partial charge in [0.05, 0.1) is 11.4 Å². The van der Waals surface area contributed by atoms with Crippen LogP contribution < -0.4 is 4.90 Å². The van der Waals surface area contributed by atoms with Crippen molar-refractivity contribution in [3.63, 3.8) is 0 Å². The lowest BCUT2D eigenvalue weighted by molar-refractivity contribution is 0.246. The van der Waals surface area contributed by atoms with Crippen LogP contribution >= 0.6 is 0 Å². The first-order valence-electron chi connectivity index (χ1n) is 9.49. The molecular formula is C21H25N5O. The van der Waals surface area contributed by atoms with Gasteiger partial charge in [-0.3, -0.25) is 4.90 Å². The molecule has 0 aliphatic carbocycles. The van der Waals surface area contributed by atoms with Crippen molar-refractivity contribution in [2.24, 2.45) is 0 Å². The summed E-state index contributed by atoms with van der Waals surface area (Å²) < 4.78 is 5.55. The summed E-state index contributed by atoms with van der Waals surface area (Å²) in [6.45, 7) is 8.76. The molecule has 1 fully saturated rings. The van der Waals surface area contributed by atoms with Gasteiger partial charge in [0.2, 0.25) is 5.95 Å². The first kappa shape index (κ1) is 17.7. The molecule has 0 atom stereocenters. The van der Waals surface area contributed by atoms with Crippen LogP contribution in [0.3, 0.4) is 0 Å². The highest BCUT2D eigenvalue weighted by Crippen LogP contribution is 2.20. The lowest BCUT2D eigenvalue weighted by Crippen LogP contribution is -2.46. The lowest BCUT2D eigenvalue weighted by atomic mass is 10.1. The van der Waals surface area contributed by atoms with Crippen LogP contribution in [-0.4, -0.2) is 46.0 Å². The highest BCUT2D eigenvalue weighted by molar-refractivity contribution is 5.59. The van der Waals surface area contributed by atoms with Crippen molar-refractivity contribution >= 4 is 5.95 Å². The molecular weight excluding hydrogens is 338 g/mol. The van der Waals surface area contributed by atoms with E-state index in [9.17, 15) is 0 Å². The smallest absolute Gasteiger partial charge is 0.225 e. The molecule has 2 aromatic heterocycles. The summed E-state index contributed by atoms with van der Waals surface area (Å²) in [7, 11) is 0. The third-order valence-electron chi connectivity index (χ3n) is 4.82. The Kier molecular flexibility index (Phi) is 5.16. The molecule has 3 aromatic rings. The molecule has 0 radical (unpaired) electrons. The quantitative estimate of drug-likeness (QED) is 0.691. The number of anilines is 1. The van der Waals surface area contributed by atoms with Crippen molar-refractivity contribution in [2.75, 3.05) is 31.1 Å². The van der Waals surface area contributed by atoms with Gasteiger partial charge in [-0.1, -0.05) is 44.2 Å². The van der Waals surface area contributed by atoms with Crippen molar-refractivity contribution in [3.05, 3.63) is 60.4 Å². The molecule has 6 heteroatoms. The van der Waals surface area contributed by atoms with E-state index in [4.69, 9.17) is 9.40 Å². The summed E-state index contributed by atoms with van der Waals surface area (Å²) in [6.07, 6.45) is 3.63. The number of hydrogen-bond donors (Lipinski definition) is 0. The van der Waals surface area contributed by atoms with Crippen molar-refractivity contribution < 1.29 is 4.42 Å². The van der Waals surface area contributed by atoms with E-state index < -0.39 is 0 Å². The number of piperazine rings is 1. The Bertz CT molecular complexity index is 869. The van der Waals surface area contributed by atoms with E-state index in [1.807, 2.05) is 30.5 Å². The first-order valence-corrected chi connectivity index (χ1v) is 9.49. The van der Waals surface area contributed by atoms with E-state index in [0.717, 1.165) is 61.5 Å². The van der Waals surface area contributed by atoms with Crippen LogP contribution in [0.25, 0.3) is 11.3 Å². The normalized spacial score (nSPS) is 15.4. The highest BCUT2D eigenvalue weighted by atomic mass is 16.3. The largest absolute Gasteiger partial charge is 0.448 e. The molecule has 0 amide bonds. The van der Waals surface area contributed by atoms with Crippen molar-refractivity contribution in [1.82, 2.24) is 19.9 Å². The minimum Gasteiger partial charge on any atom is -0.448 e. The fourth-order valence-electron chi connectivity index (χ4n) is 3.27. The third-order valence-corrected chi connectivity index (χ3v) is 4.82. The lowest BCUT2D eigenvalue weighted by Gasteiger charge is -2.34. The van der Waals surface area contributed by atoms with E-state index in [1.165, 1.54) is 0 Å². The summed E-state index contributed by atoms with van der Waals surface area (Å²) in [6, 6.07) is 12.2. The second-order valence-corrected chi connectivity index (χ2v) is 7.20. The highest BCUT2D eigenvalue weighted by Gasteiger charge is 2.20. The van der Waals surface area contributed by atoms with Gasteiger partial charge in [0.1, 0.15) is 6.26 Å². The average Bonchev–Trinajstić information content (AvgIpc) is 3.18. The fourth-order valence-corrected chi connectivity index (χ4v) is 3.27. The second kappa shape index (κ2) is 7.88. The van der Waals surface area contributed by atoms with Crippen molar-refractivity contribution in [2.45, 2.75) is 26.3 Å². The Morgan fingerprint density at radius 2 is 1.78 bits per heavy atom. The zero-order chi connectivity index (χ0) is 18.6. The van der Waals surface area contributed by atoms with Gasteiger partial charge < -0.3 is 9.32 Å². The predicted octanol–water partition coefficient (Wildman–Crippen LogP) is 3.58. The van der Waals surface area contributed by atoms with E-state index in [0.29, 0.717) is 5.92 Å². The maximum Gasteiger partial charge on any atom is 0.225 e. The molecule has 1 saturated heterocycles. The molecule has 1 aliphatic heterocycles. The van der Waals surface area contributed by atoms with Crippen LogP contribution in [0.4, 0.5) is 5.95 Å². The molecule has 27 heavy (non-hydrogen) atoms. The van der Waals surface area contributed by atoms with E-state index >= 15 is 0 Å². The number of rotatable bonds is 5. The first-order chi connectivity index (χ1) is 13.2. The minimum absolute atomic E-state index is 0.324. The molecule has 0 spiro atoms. The van der Waals surface area contributed by atoms with E-state index in [2.05, 4.69) is 45.7 Å². The molecule has 1 aliphatic rings. The Hall–Kier alpha value is -2.73. The summed E-state index contributed by atoms with van der Waals surface area (Å²) in [5.74, 6) is 1.94. The number of aromatic nitrogens is 3. The van der Waals surface area contributed by atoms with Crippen LogP contribution in [-0.2, 0) is 6.54 Å². The summed E-state index contributed by atoms with van der Waals surface area (Å²) in [5.41, 5.74) is 3.09. The van der Waals surface area contributed by atoms with Crippen LogP contribution in [0, 0.1) is 0 Å². The minimum atomic E-state index is 0.324. The van der Waals surface area contributed by atoms with Crippen LogP contribution in [0.2, 0.25) is 0 Å². The number of nitrogens with zero attached hydrogens (tertiary/aromatic N) is 5. The van der Waals surface area contributed by atoms with E-state index in [1.54, 1.807) is 6.26 Å². The Morgan fingerprint density at radius 1 is 1.00 bits per heavy atom. The second-order valence-electron chi connectivity index (χ2n) is 7.20. The zero-order valence-electron chi connectivity index (χ0n) is 15.9. The van der Waals surface area contributed by atoms with Gasteiger partial charge in [-0.2, -0.15) is 0 Å². The summed E-state index contributed by atoms with van der Waals surface area (Å²) >= 11 is 0. The molecule has 3 heterocycles. The van der Waals surface area contributed by atoms with Gasteiger partial charge in [-0.25, -0.2) is 15.0 Å². The number of benzene rings is 1. The molecule has 140 valence electrons. The molecule has 1 aromatic carbocycles. The Labute approximate surface area is 159 Å². The topological polar surface area (TPSA) is 58.3 Å². The zero-order valence-corrected chi connectivity index (χ0v) is 15.9. The van der Waals surface area contributed by atoms with Crippen molar-refractivity contribution in [3.8, 4) is 11.3 Å². The molecule has 0 unspecified atom stereocenters. The van der Waals surface area contributed by atoms with Gasteiger partial charge >= 0.3 is 0 Å². The molecule has 0 N–H and O–H groups in total. The van der Waals surface area contributed by atoms with Gasteiger partial charge in [-0.05, 0) is 6.07 Å². The Balaban J connectivity index is 1.38. The van der Waals surface area contributed by atoms with Crippen LogP contribution in [0.1, 0.15) is 31.4 Å². The number of hydrogen-bond acceptors (Lipinski definition) is 6. The fraction of sp³-hybridized carbons (Fsp3) is 0.381. The number of oxazole rings is 1. The molecule has 6 nitrogen and oxygen atoms in total. The van der Waals surface area contributed by atoms with Gasteiger partial charge in [0.15, 0.2) is 5.89 Å². The third kappa shape index (κ3) is 4.17. The van der Waals surface area contributed by atoms with Crippen LogP contribution in [0.15, 0.2) is 53.3 Å². The van der Waals surface area contributed by atoms with Gasteiger partial charge in [0.25, 0.3) is 0 Å². The summed E-state index contributed by atoms with van der Waals surface area (Å²) in [4.78, 5) is 18.5. The average molecular weight is 363 g/mol. The Morgan fingerprint density at radius 3 is 2.48 bits per heavy atom. The maximum atomic E-state index is 5.55. The predicted molar refractivity (Wildman–Crippen MR) is 106 cm³/mol. The van der Waals surface area contributed by atoms with Gasteiger partial charge in [0, 0.05) is 50.4 Å². The summed E-state index contributed by atoms with van der Waals surface area (Å²) in [5, 5.41) is 0. The standard InChI is InChI=1S/C21H25N5O/c1-16(2)20-23-18(15-27-20)14-25-10-12-26(13-11-25)21-22-9-8-19(24-21)17-6-4-3-5-7-17/h3-9,15-16H,10-14H2,1-2H3. The van der Waals surface area contributed by atoms with Crippen molar-refractivity contribution in [1.29, 1.82) is 0 Å². The maximum absolute atomic E-state index is 5.55. The van der Waals surface area contributed by atoms with E-state index in [-0.39, 0.29) is 0 Å². The van der Waals surface area contributed by atoms with Gasteiger partial charge in [-0.15, -0.1) is 0 Å². The SMILES string of the molecule is CC(C)c1nc(CN2CCN(c3nccc(-c4ccccc4)n3)CC2)co1. The van der Waals surface area contributed by atoms with Crippen LogP contribution in [0.5, 0.6) is 0 Å². The molecule has 0 bridgehead atoms.